The van der Waals surface area contributed by atoms with Crippen molar-refractivity contribution in [2.75, 3.05) is 5.32 Å². The second-order valence-electron chi connectivity index (χ2n) is 3.63. The lowest BCUT2D eigenvalue weighted by molar-refractivity contribution is 0.102. The van der Waals surface area contributed by atoms with E-state index in [1.807, 2.05) is 43.3 Å². The lowest BCUT2D eigenvalue weighted by Crippen LogP contribution is -2.13. The number of hydrogen-bond acceptors (Lipinski definition) is 2. The van der Waals surface area contributed by atoms with Gasteiger partial charge in [-0.05, 0) is 37.3 Å². The van der Waals surface area contributed by atoms with Crippen molar-refractivity contribution in [3.8, 4) is 0 Å². The average molecular weight is 291 g/mol. The summed E-state index contributed by atoms with van der Waals surface area (Å²) >= 11 is 3.35. The number of amides is 1. The summed E-state index contributed by atoms with van der Waals surface area (Å²) in [6, 6.07) is 12.8. The number of hydrogen-bond donors (Lipinski definition) is 1. The summed E-state index contributed by atoms with van der Waals surface area (Å²) in [5, 5.41) is 2.79. The molecule has 0 unspecified atom stereocenters. The van der Waals surface area contributed by atoms with Gasteiger partial charge >= 0.3 is 0 Å². The summed E-state index contributed by atoms with van der Waals surface area (Å²) in [5.74, 6) is -0.202. The Bertz CT molecular complexity index is 555. The molecule has 3 nitrogen and oxygen atoms in total. The SMILES string of the molecule is Cc1cccc(C(=O)Nc2cccc(Br)c2)n1. The van der Waals surface area contributed by atoms with Gasteiger partial charge in [0.25, 0.3) is 5.91 Å². The van der Waals surface area contributed by atoms with Gasteiger partial charge in [0.1, 0.15) is 5.69 Å². The highest BCUT2D eigenvalue weighted by Crippen LogP contribution is 2.16. The fourth-order valence-corrected chi connectivity index (χ4v) is 1.83. The Labute approximate surface area is 108 Å². The standard InChI is InChI=1S/C13H11BrN2O/c1-9-4-2-7-12(15-9)13(17)16-11-6-3-5-10(14)8-11/h2-8H,1H3,(H,16,17). The molecule has 0 saturated heterocycles. The van der Waals surface area contributed by atoms with Gasteiger partial charge in [-0.2, -0.15) is 0 Å². The molecule has 0 aliphatic rings. The van der Waals surface area contributed by atoms with Crippen LogP contribution in [0.1, 0.15) is 16.2 Å². The van der Waals surface area contributed by atoms with Gasteiger partial charge in [-0.1, -0.05) is 28.1 Å². The number of nitrogens with one attached hydrogen (secondary N) is 1. The largest absolute Gasteiger partial charge is 0.321 e. The van der Waals surface area contributed by atoms with Crippen molar-refractivity contribution in [2.24, 2.45) is 0 Å². The quantitative estimate of drug-likeness (QED) is 0.921. The fraction of sp³-hybridized carbons (Fsp3) is 0.0769. The number of halogens is 1. The Morgan fingerprint density at radius 1 is 1.24 bits per heavy atom. The smallest absolute Gasteiger partial charge is 0.274 e. The van der Waals surface area contributed by atoms with Crippen LogP contribution in [0.4, 0.5) is 5.69 Å². The van der Waals surface area contributed by atoms with E-state index in [9.17, 15) is 4.79 Å². The fourth-order valence-electron chi connectivity index (χ4n) is 1.43. The van der Waals surface area contributed by atoms with Crippen LogP contribution in [-0.2, 0) is 0 Å². The Kier molecular flexibility index (Phi) is 3.54. The lowest BCUT2D eigenvalue weighted by atomic mass is 10.2. The topological polar surface area (TPSA) is 42.0 Å². The van der Waals surface area contributed by atoms with Crippen LogP contribution in [0.5, 0.6) is 0 Å². The van der Waals surface area contributed by atoms with Crippen molar-refractivity contribution in [3.63, 3.8) is 0 Å². The minimum Gasteiger partial charge on any atom is -0.321 e. The normalized spacial score (nSPS) is 10.0. The molecule has 0 aliphatic heterocycles. The van der Waals surface area contributed by atoms with Crippen molar-refractivity contribution in [1.29, 1.82) is 0 Å². The molecule has 0 fully saturated rings. The van der Waals surface area contributed by atoms with E-state index in [0.29, 0.717) is 5.69 Å². The third kappa shape index (κ3) is 3.14. The number of pyridine rings is 1. The van der Waals surface area contributed by atoms with Gasteiger partial charge in [0.15, 0.2) is 0 Å². The molecule has 1 amide bonds. The third-order valence-corrected chi connectivity index (χ3v) is 2.70. The molecular weight excluding hydrogens is 280 g/mol. The Morgan fingerprint density at radius 2 is 2.00 bits per heavy atom. The molecule has 17 heavy (non-hydrogen) atoms. The molecule has 2 rings (SSSR count). The number of carbonyl (C=O) groups is 1. The number of aryl methyl sites for hydroxylation is 1. The summed E-state index contributed by atoms with van der Waals surface area (Å²) in [7, 11) is 0. The molecule has 1 N–H and O–H groups in total. The molecule has 1 aromatic carbocycles. The van der Waals surface area contributed by atoms with Crippen LogP contribution in [0, 0.1) is 6.92 Å². The van der Waals surface area contributed by atoms with Crippen LogP contribution >= 0.6 is 15.9 Å². The molecule has 1 aromatic heterocycles. The predicted octanol–water partition coefficient (Wildman–Crippen LogP) is 3.40. The maximum atomic E-state index is 11.9. The monoisotopic (exact) mass is 290 g/mol. The van der Waals surface area contributed by atoms with Crippen LogP contribution in [0.15, 0.2) is 46.9 Å². The first kappa shape index (κ1) is 11.8. The highest BCUT2D eigenvalue weighted by atomic mass is 79.9. The maximum Gasteiger partial charge on any atom is 0.274 e. The first-order chi connectivity index (χ1) is 8.15. The van der Waals surface area contributed by atoms with Crippen molar-refractivity contribution >= 4 is 27.5 Å². The van der Waals surface area contributed by atoms with Crippen LogP contribution in [0.25, 0.3) is 0 Å². The Balaban J connectivity index is 2.17. The van der Waals surface area contributed by atoms with Gasteiger partial charge in [-0.25, -0.2) is 4.98 Å². The molecule has 0 saturated carbocycles. The van der Waals surface area contributed by atoms with E-state index < -0.39 is 0 Å². The highest BCUT2D eigenvalue weighted by Gasteiger charge is 2.07. The minimum absolute atomic E-state index is 0.202. The minimum atomic E-state index is -0.202. The number of rotatable bonds is 2. The van der Waals surface area contributed by atoms with E-state index in [-0.39, 0.29) is 5.91 Å². The van der Waals surface area contributed by atoms with E-state index in [0.717, 1.165) is 15.9 Å². The van der Waals surface area contributed by atoms with Gasteiger partial charge in [-0.15, -0.1) is 0 Å². The van der Waals surface area contributed by atoms with Crippen LogP contribution in [0.2, 0.25) is 0 Å². The number of nitrogens with zero attached hydrogens (tertiary/aromatic N) is 1. The third-order valence-electron chi connectivity index (χ3n) is 2.20. The van der Waals surface area contributed by atoms with Crippen molar-refractivity contribution < 1.29 is 4.79 Å². The molecular formula is C13H11BrN2O. The highest BCUT2D eigenvalue weighted by molar-refractivity contribution is 9.10. The summed E-state index contributed by atoms with van der Waals surface area (Å²) in [4.78, 5) is 16.1. The number of anilines is 1. The second-order valence-corrected chi connectivity index (χ2v) is 4.54. The number of carbonyl (C=O) groups excluding carboxylic acids is 1. The van der Waals surface area contributed by atoms with E-state index in [1.165, 1.54) is 0 Å². The molecule has 4 heteroatoms. The van der Waals surface area contributed by atoms with Gasteiger partial charge < -0.3 is 5.32 Å². The lowest BCUT2D eigenvalue weighted by Gasteiger charge is -2.05. The Hall–Kier alpha value is -1.68. The van der Waals surface area contributed by atoms with Crippen molar-refractivity contribution in [2.45, 2.75) is 6.92 Å². The van der Waals surface area contributed by atoms with Gasteiger partial charge in [0.2, 0.25) is 0 Å². The van der Waals surface area contributed by atoms with Crippen LogP contribution in [0.3, 0.4) is 0 Å². The summed E-state index contributed by atoms with van der Waals surface area (Å²) in [6.07, 6.45) is 0. The van der Waals surface area contributed by atoms with Crippen LogP contribution < -0.4 is 5.32 Å². The molecule has 86 valence electrons. The molecule has 2 aromatic rings. The van der Waals surface area contributed by atoms with E-state index in [1.54, 1.807) is 6.07 Å². The summed E-state index contributed by atoms with van der Waals surface area (Å²) in [6.45, 7) is 1.86. The van der Waals surface area contributed by atoms with Crippen molar-refractivity contribution in [1.82, 2.24) is 4.98 Å². The zero-order valence-corrected chi connectivity index (χ0v) is 10.9. The van der Waals surface area contributed by atoms with Gasteiger partial charge in [-0.3, -0.25) is 4.79 Å². The van der Waals surface area contributed by atoms with Gasteiger partial charge in [0.05, 0.1) is 0 Å². The molecule has 0 atom stereocenters. The maximum absolute atomic E-state index is 11.9. The van der Waals surface area contributed by atoms with E-state index in [2.05, 4.69) is 26.2 Å². The summed E-state index contributed by atoms with van der Waals surface area (Å²) in [5.41, 5.74) is 1.99. The molecule has 0 bridgehead atoms. The molecule has 0 radical (unpaired) electrons. The first-order valence-corrected chi connectivity index (χ1v) is 5.95. The number of aromatic nitrogens is 1. The Morgan fingerprint density at radius 3 is 2.71 bits per heavy atom. The molecule has 0 aliphatic carbocycles. The van der Waals surface area contributed by atoms with E-state index >= 15 is 0 Å². The van der Waals surface area contributed by atoms with E-state index in [4.69, 9.17) is 0 Å². The van der Waals surface area contributed by atoms with Crippen molar-refractivity contribution in [3.05, 3.63) is 58.3 Å². The zero-order valence-electron chi connectivity index (χ0n) is 9.27. The van der Waals surface area contributed by atoms with Gasteiger partial charge in [0, 0.05) is 15.9 Å². The first-order valence-electron chi connectivity index (χ1n) is 5.16. The predicted molar refractivity (Wildman–Crippen MR) is 71.1 cm³/mol. The van der Waals surface area contributed by atoms with Crippen LogP contribution in [-0.4, -0.2) is 10.9 Å². The number of benzene rings is 1. The molecule has 1 heterocycles. The molecule has 0 spiro atoms. The zero-order chi connectivity index (χ0) is 12.3. The summed E-state index contributed by atoms with van der Waals surface area (Å²) < 4.78 is 0.924. The average Bonchev–Trinajstić information content (AvgIpc) is 2.29. The second kappa shape index (κ2) is 5.10.